The number of anilines is 2. The van der Waals surface area contributed by atoms with Crippen LogP contribution in [0.4, 0.5) is 11.8 Å². The molecule has 4 rings (SSSR count). The minimum Gasteiger partial charge on any atom is -0.372 e. The van der Waals surface area contributed by atoms with Gasteiger partial charge in [-0.25, -0.2) is 4.98 Å². The van der Waals surface area contributed by atoms with E-state index in [1.807, 2.05) is 25.2 Å². The molecular weight excluding hydrogens is 338 g/mol. The number of carbonyl (C=O) groups is 1. The summed E-state index contributed by atoms with van der Waals surface area (Å²) in [6.45, 7) is 7.17. The summed E-state index contributed by atoms with van der Waals surface area (Å²) in [5, 5.41) is 3.13. The van der Waals surface area contributed by atoms with E-state index in [0.29, 0.717) is 17.8 Å². The Balaban J connectivity index is 1.65. The van der Waals surface area contributed by atoms with Gasteiger partial charge < -0.3 is 15.1 Å². The number of hydrogen-bond acceptors (Lipinski definition) is 6. The molecule has 6 nitrogen and oxygen atoms in total. The monoisotopic (exact) mass is 365 g/mol. The SMILES string of the molecule is CCN1CCN(c2nc3c(c(NC)n2)C(=O)CC(c2ccccc2)C3)CC1. The van der Waals surface area contributed by atoms with Crippen molar-refractivity contribution in [3.05, 3.63) is 47.2 Å². The van der Waals surface area contributed by atoms with Crippen LogP contribution in [-0.2, 0) is 6.42 Å². The Labute approximate surface area is 160 Å². The lowest BCUT2D eigenvalue weighted by atomic mass is 9.82. The number of nitrogens with zero attached hydrogens (tertiary/aromatic N) is 4. The second-order valence-corrected chi connectivity index (χ2v) is 7.30. The fraction of sp³-hybridized carbons (Fsp3) is 0.476. The lowest BCUT2D eigenvalue weighted by molar-refractivity contribution is 0.0963. The minimum absolute atomic E-state index is 0.136. The van der Waals surface area contributed by atoms with Gasteiger partial charge in [0.15, 0.2) is 5.78 Å². The molecule has 2 aliphatic rings. The quantitative estimate of drug-likeness (QED) is 0.899. The summed E-state index contributed by atoms with van der Waals surface area (Å²) in [4.78, 5) is 27.1. The van der Waals surface area contributed by atoms with E-state index >= 15 is 0 Å². The van der Waals surface area contributed by atoms with Crippen molar-refractivity contribution < 1.29 is 4.79 Å². The van der Waals surface area contributed by atoms with Crippen LogP contribution in [-0.4, -0.2) is 60.4 Å². The first-order valence-corrected chi connectivity index (χ1v) is 9.83. The Kier molecular flexibility index (Phi) is 5.07. The van der Waals surface area contributed by atoms with Gasteiger partial charge in [0.05, 0.1) is 11.3 Å². The first-order valence-electron chi connectivity index (χ1n) is 9.83. The van der Waals surface area contributed by atoms with Gasteiger partial charge in [0, 0.05) is 39.6 Å². The summed E-state index contributed by atoms with van der Waals surface area (Å²) in [6, 6.07) is 10.3. The number of nitrogens with one attached hydrogen (secondary N) is 1. The molecule has 1 aromatic carbocycles. The van der Waals surface area contributed by atoms with Gasteiger partial charge in [0.1, 0.15) is 5.82 Å². The van der Waals surface area contributed by atoms with Gasteiger partial charge in [-0.2, -0.15) is 4.98 Å². The van der Waals surface area contributed by atoms with Crippen LogP contribution < -0.4 is 10.2 Å². The zero-order valence-corrected chi connectivity index (χ0v) is 16.1. The predicted octanol–water partition coefficient (Wildman–Crippen LogP) is 2.57. The molecule has 1 aromatic heterocycles. The molecule has 2 heterocycles. The third kappa shape index (κ3) is 3.54. The number of likely N-dealkylation sites (N-methyl/N-ethyl adjacent to an activating group) is 1. The van der Waals surface area contributed by atoms with Crippen molar-refractivity contribution in [3.63, 3.8) is 0 Å². The first kappa shape index (κ1) is 17.9. The fourth-order valence-corrected chi connectivity index (χ4v) is 4.11. The number of fused-ring (bicyclic) bond motifs is 1. The number of hydrogen-bond donors (Lipinski definition) is 1. The smallest absolute Gasteiger partial charge is 0.227 e. The molecule has 0 saturated carbocycles. The molecule has 1 aliphatic heterocycles. The van der Waals surface area contributed by atoms with E-state index in [1.165, 1.54) is 5.56 Å². The zero-order chi connectivity index (χ0) is 18.8. The van der Waals surface area contributed by atoms with Crippen molar-refractivity contribution in [3.8, 4) is 0 Å². The van der Waals surface area contributed by atoms with Crippen molar-refractivity contribution >= 4 is 17.5 Å². The summed E-state index contributed by atoms with van der Waals surface area (Å²) in [5.74, 6) is 1.74. The second-order valence-electron chi connectivity index (χ2n) is 7.30. The maximum absolute atomic E-state index is 12.9. The highest BCUT2D eigenvalue weighted by Gasteiger charge is 2.31. The Morgan fingerprint density at radius 1 is 1.07 bits per heavy atom. The van der Waals surface area contributed by atoms with Crippen molar-refractivity contribution in [1.29, 1.82) is 0 Å². The second kappa shape index (κ2) is 7.64. The highest BCUT2D eigenvalue weighted by atomic mass is 16.1. The third-order valence-electron chi connectivity index (χ3n) is 5.73. The first-order chi connectivity index (χ1) is 13.2. The van der Waals surface area contributed by atoms with E-state index in [-0.39, 0.29) is 11.7 Å². The molecule has 1 N–H and O–H groups in total. The summed E-state index contributed by atoms with van der Waals surface area (Å²) in [6.07, 6.45) is 1.30. The minimum atomic E-state index is 0.136. The van der Waals surface area contributed by atoms with Gasteiger partial charge in [0.2, 0.25) is 5.95 Å². The van der Waals surface area contributed by atoms with Gasteiger partial charge in [0.25, 0.3) is 0 Å². The highest BCUT2D eigenvalue weighted by molar-refractivity contribution is 6.03. The lowest BCUT2D eigenvalue weighted by Crippen LogP contribution is -2.47. The van der Waals surface area contributed by atoms with Gasteiger partial charge >= 0.3 is 0 Å². The number of aromatic nitrogens is 2. The Hall–Kier alpha value is -2.47. The van der Waals surface area contributed by atoms with Crippen LogP contribution in [0.3, 0.4) is 0 Å². The molecule has 0 amide bonds. The van der Waals surface area contributed by atoms with Crippen LogP contribution in [0.15, 0.2) is 30.3 Å². The topological polar surface area (TPSA) is 61.4 Å². The molecule has 2 aromatic rings. The molecule has 6 heteroatoms. The van der Waals surface area contributed by atoms with Crippen LogP contribution in [0.25, 0.3) is 0 Å². The average Bonchev–Trinajstić information content (AvgIpc) is 2.73. The van der Waals surface area contributed by atoms with Crippen molar-refractivity contribution in [2.24, 2.45) is 0 Å². The maximum Gasteiger partial charge on any atom is 0.227 e. The molecule has 1 aliphatic carbocycles. The van der Waals surface area contributed by atoms with Crippen molar-refractivity contribution in [2.45, 2.75) is 25.7 Å². The van der Waals surface area contributed by atoms with E-state index in [1.54, 1.807) is 0 Å². The van der Waals surface area contributed by atoms with E-state index in [2.05, 4.69) is 34.2 Å². The summed E-state index contributed by atoms with van der Waals surface area (Å²) in [7, 11) is 1.83. The molecule has 0 spiro atoms. The lowest BCUT2D eigenvalue weighted by Gasteiger charge is -2.35. The van der Waals surface area contributed by atoms with Gasteiger partial charge in [-0.15, -0.1) is 0 Å². The summed E-state index contributed by atoms with van der Waals surface area (Å²) < 4.78 is 0. The Morgan fingerprint density at radius 2 is 1.81 bits per heavy atom. The van der Waals surface area contributed by atoms with E-state index in [4.69, 9.17) is 9.97 Å². The molecule has 0 bridgehead atoms. The molecule has 1 saturated heterocycles. The average molecular weight is 365 g/mol. The number of rotatable bonds is 4. The number of piperazine rings is 1. The molecule has 142 valence electrons. The van der Waals surface area contributed by atoms with E-state index in [9.17, 15) is 4.79 Å². The molecule has 0 radical (unpaired) electrons. The number of carbonyl (C=O) groups excluding carboxylic acids is 1. The number of benzene rings is 1. The summed E-state index contributed by atoms with van der Waals surface area (Å²) >= 11 is 0. The zero-order valence-electron chi connectivity index (χ0n) is 16.1. The predicted molar refractivity (Wildman–Crippen MR) is 108 cm³/mol. The summed E-state index contributed by atoms with van der Waals surface area (Å²) in [5.41, 5.74) is 2.77. The Bertz CT molecular complexity index is 815. The van der Waals surface area contributed by atoms with E-state index in [0.717, 1.165) is 50.8 Å². The molecular formula is C21H27N5O. The van der Waals surface area contributed by atoms with Crippen LogP contribution in [0.5, 0.6) is 0 Å². The standard InChI is InChI=1S/C21H27N5O/c1-3-25-9-11-26(12-10-25)21-23-17-13-16(15-7-5-4-6-8-15)14-18(27)19(17)20(22-2)24-21/h4-8,16H,3,9-14H2,1-2H3,(H,22,23,24). The maximum atomic E-state index is 12.9. The fourth-order valence-electron chi connectivity index (χ4n) is 4.11. The Morgan fingerprint density at radius 3 is 2.48 bits per heavy atom. The molecule has 1 atom stereocenters. The van der Waals surface area contributed by atoms with E-state index < -0.39 is 0 Å². The van der Waals surface area contributed by atoms with Gasteiger partial charge in [-0.3, -0.25) is 4.79 Å². The third-order valence-corrected chi connectivity index (χ3v) is 5.73. The highest BCUT2D eigenvalue weighted by Crippen LogP contribution is 2.35. The van der Waals surface area contributed by atoms with Crippen molar-refractivity contribution in [2.75, 3.05) is 50.0 Å². The van der Waals surface area contributed by atoms with Crippen LogP contribution in [0.1, 0.15) is 40.9 Å². The van der Waals surface area contributed by atoms with Gasteiger partial charge in [-0.1, -0.05) is 37.3 Å². The van der Waals surface area contributed by atoms with Gasteiger partial charge in [-0.05, 0) is 24.4 Å². The number of ketones is 1. The molecule has 27 heavy (non-hydrogen) atoms. The van der Waals surface area contributed by atoms with Crippen LogP contribution >= 0.6 is 0 Å². The number of Topliss-reactive ketones (excluding diaryl/α,β-unsaturated/α-hetero) is 1. The molecule has 1 fully saturated rings. The van der Waals surface area contributed by atoms with Crippen molar-refractivity contribution in [1.82, 2.24) is 14.9 Å². The largest absolute Gasteiger partial charge is 0.372 e. The van der Waals surface area contributed by atoms with Crippen LogP contribution in [0.2, 0.25) is 0 Å². The normalized spacial score (nSPS) is 20.4. The molecule has 1 unspecified atom stereocenters. The van der Waals surface area contributed by atoms with Crippen LogP contribution in [0, 0.1) is 0 Å².